The van der Waals surface area contributed by atoms with Crippen LogP contribution in [0.3, 0.4) is 0 Å². The molecule has 0 aromatic rings. The third-order valence-corrected chi connectivity index (χ3v) is 4.76. The molecule has 0 aromatic carbocycles. The van der Waals surface area contributed by atoms with E-state index in [1.54, 1.807) is 0 Å². The first kappa shape index (κ1) is 26.9. The molecule has 1 unspecified atom stereocenters. The second-order valence-electron chi connectivity index (χ2n) is 9.46. The van der Waals surface area contributed by atoms with Crippen LogP contribution in [0.25, 0.3) is 0 Å². The number of carbonyl (C=O) groups excluding carboxylic acids is 2. The van der Waals surface area contributed by atoms with Crippen molar-refractivity contribution in [2.75, 3.05) is 13.2 Å². The summed E-state index contributed by atoms with van der Waals surface area (Å²) in [5.41, 5.74) is 0.259. The molecular weight excluding hydrogens is 352 g/mol. The first-order valence-electron chi connectivity index (χ1n) is 11.6. The molecule has 4 nitrogen and oxygen atoms in total. The Kier molecular flexibility index (Phi) is 16.2. The van der Waals surface area contributed by atoms with E-state index in [2.05, 4.69) is 34.6 Å². The zero-order chi connectivity index (χ0) is 21.3. The van der Waals surface area contributed by atoms with Crippen LogP contribution in [0.5, 0.6) is 0 Å². The van der Waals surface area contributed by atoms with Crippen LogP contribution in [0.15, 0.2) is 0 Å². The molecule has 0 aromatic heterocycles. The predicted octanol–water partition coefficient (Wildman–Crippen LogP) is 6.85. The topological polar surface area (TPSA) is 52.6 Å². The van der Waals surface area contributed by atoms with Crippen LogP contribution >= 0.6 is 0 Å². The predicted molar refractivity (Wildman–Crippen MR) is 116 cm³/mol. The van der Waals surface area contributed by atoms with Crippen molar-refractivity contribution in [1.82, 2.24) is 0 Å². The van der Waals surface area contributed by atoms with Crippen LogP contribution in [0, 0.1) is 11.3 Å². The number of rotatable bonds is 17. The van der Waals surface area contributed by atoms with Crippen molar-refractivity contribution < 1.29 is 19.1 Å². The summed E-state index contributed by atoms with van der Waals surface area (Å²) in [7, 11) is 0. The maximum absolute atomic E-state index is 11.8. The fraction of sp³-hybridized carbons (Fsp3) is 0.917. The molecule has 0 radical (unpaired) electrons. The Morgan fingerprint density at radius 3 is 1.82 bits per heavy atom. The van der Waals surface area contributed by atoms with Gasteiger partial charge < -0.3 is 9.47 Å². The number of hydrogen-bond acceptors (Lipinski definition) is 4. The third-order valence-electron chi connectivity index (χ3n) is 4.76. The molecule has 28 heavy (non-hydrogen) atoms. The Morgan fingerprint density at radius 1 is 0.750 bits per heavy atom. The molecule has 0 bridgehead atoms. The standard InChI is InChI=1S/C24H46O4/c1-6-7-8-9-10-11-15-18-27-22(25)16-13-12-14-17-23(26)28-20-21(2)19-24(3,4)5/h21H,6-20H2,1-5H3. The molecule has 0 rings (SSSR count). The Labute approximate surface area is 174 Å². The Bertz CT molecular complexity index is 398. The normalized spacial score (nSPS) is 12.6. The van der Waals surface area contributed by atoms with Crippen molar-refractivity contribution in [3.8, 4) is 0 Å². The van der Waals surface area contributed by atoms with E-state index in [0.717, 1.165) is 38.5 Å². The highest BCUT2D eigenvalue weighted by molar-refractivity contribution is 5.69. The molecule has 0 aliphatic rings. The number of ether oxygens (including phenoxy) is 2. The second kappa shape index (κ2) is 16.9. The van der Waals surface area contributed by atoms with E-state index in [4.69, 9.17) is 9.47 Å². The minimum atomic E-state index is -0.123. The van der Waals surface area contributed by atoms with Crippen LogP contribution in [0.4, 0.5) is 0 Å². The van der Waals surface area contributed by atoms with Crippen molar-refractivity contribution in [3.05, 3.63) is 0 Å². The van der Waals surface area contributed by atoms with Gasteiger partial charge in [-0.2, -0.15) is 0 Å². The molecule has 0 saturated carbocycles. The summed E-state index contributed by atoms with van der Waals surface area (Å²) in [6, 6.07) is 0. The van der Waals surface area contributed by atoms with Crippen molar-refractivity contribution in [1.29, 1.82) is 0 Å². The molecule has 1 atom stereocenters. The molecule has 0 heterocycles. The lowest BCUT2D eigenvalue weighted by atomic mass is 9.86. The summed E-state index contributed by atoms with van der Waals surface area (Å²) in [6.45, 7) is 12.0. The maximum atomic E-state index is 11.8. The summed E-state index contributed by atoms with van der Waals surface area (Å²) < 4.78 is 10.6. The van der Waals surface area contributed by atoms with E-state index in [1.165, 1.54) is 32.1 Å². The van der Waals surface area contributed by atoms with Gasteiger partial charge in [-0.3, -0.25) is 9.59 Å². The molecule has 0 spiro atoms. The molecule has 0 saturated heterocycles. The SMILES string of the molecule is CCCCCCCCCOC(=O)CCCCCC(=O)OCC(C)CC(C)(C)C. The van der Waals surface area contributed by atoms with E-state index in [-0.39, 0.29) is 17.4 Å². The fourth-order valence-corrected chi connectivity index (χ4v) is 3.44. The van der Waals surface area contributed by atoms with Crippen molar-refractivity contribution in [2.24, 2.45) is 11.3 Å². The van der Waals surface area contributed by atoms with Crippen molar-refractivity contribution >= 4 is 11.9 Å². The fourth-order valence-electron chi connectivity index (χ4n) is 3.44. The number of unbranched alkanes of at least 4 members (excludes halogenated alkanes) is 8. The van der Waals surface area contributed by atoms with Crippen LogP contribution < -0.4 is 0 Å². The average molecular weight is 399 g/mol. The van der Waals surface area contributed by atoms with E-state index in [9.17, 15) is 9.59 Å². The van der Waals surface area contributed by atoms with Crippen LogP contribution in [-0.2, 0) is 19.1 Å². The maximum Gasteiger partial charge on any atom is 0.305 e. The van der Waals surface area contributed by atoms with Gasteiger partial charge >= 0.3 is 11.9 Å². The Morgan fingerprint density at radius 2 is 1.25 bits per heavy atom. The molecule has 0 fully saturated rings. The van der Waals surface area contributed by atoms with Gasteiger partial charge in [-0.1, -0.05) is 79.6 Å². The molecule has 0 N–H and O–H groups in total. The molecule has 0 aliphatic heterocycles. The van der Waals surface area contributed by atoms with Crippen LogP contribution in [0.2, 0.25) is 0 Å². The number of hydrogen-bond donors (Lipinski definition) is 0. The zero-order valence-corrected chi connectivity index (χ0v) is 19.3. The molecule has 4 heteroatoms. The summed E-state index contributed by atoms with van der Waals surface area (Å²) in [5.74, 6) is 0.155. The smallest absolute Gasteiger partial charge is 0.305 e. The van der Waals surface area contributed by atoms with Crippen LogP contribution in [0.1, 0.15) is 118 Å². The quantitative estimate of drug-likeness (QED) is 0.199. The monoisotopic (exact) mass is 398 g/mol. The van der Waals surface area contributed by atoms with Crippen molar-refractivity contribution in [2.45, 2.75) is 118 Å². The van der Waals surface area contributed by atoms with E-state index < -0.39 is 0 Å². The highest BCUT2D eigenvalue weighted by Gasteiger charge is 2.16. The van der Waals surface area contributed by atoms with Crippen molar-refractivity contribution in [3.63, 3.8) is 0 Å². The lowest BCUT2D eigenvalue weighted by Gasteiger charge is -2.22. The minimum Gasteiger partial charge on any atom is -0.466 e. The van der Waals surface area contributed by atoms with Gasteiger partial charge in [-0.05, 0) is 37.0 Å². The Balaban J connectivity index is 3.47. The molecule has 0 amide bonds. The summed E-state index contributed by atoms with van der Waals surface area (Å²) in [6.07, 6.45) is 12.9. The van der Waals surface area contributed by atoms with E-state index in [0.29, 0.717) is 32.0 Å². The lowest BCUT2D eigenvalue weighted by Crippen LogP contribution is -2.17. The lowest BCUT2D eigenvalue weighted by molar-refractivity contribution is -0.145. The van der Waals surface area contributed by atoms with Gasteiger partial charge in [0.15, 0.2) is 0 Å². The minimum absolute atomic E-state index is 0.107. The van der Waals surface area contributed by atoms with Gasteiger partial charge in [0.25, 0.3) is 0 Å². The molecule has 166 valence electrons. The van der Waals surface area contributed by atoms with Gasteiger partial charge in [-0.15, -0.1) is 0 Å². The highest BCUT2D eigenvalue weighted by Crippen LogP contribution is 2.24. The van der Waals surface area contributed by atoms with E-state index >= 15 is 0 Å². The van der Waals surface area contributed by atoms with Gasteiger partial charge in [0, 0.05) is 12.8 Å². The summed E-state index contributed by atoms with van der Waals surface area (Å²) >= 11 is 0. The summed E-state index contributed by atoms with van der Waals surface area (Å²) in [4.78, 5) is 23.5. The first-order valence-corrected chi connectivity index (χ1v) is 11.6. The average Bonchev–Trinajstić information content (AvgIpc) is 2.60. The van der Waals surface area contributed by atoms with Gasteiger partial charge in [-0.25, -0.2) is 0 Å². The molecular formula is C24H46O4. The number of carbonyl (C=O) groups is 2. The van der Waals surface area contributed by atoms with Gasteiger partial charge in [0.2, 0.25) is 0 Å². The Hall–Kier alpha value is -1.06. The molecule has 0 aliphatic carbocycles. The van der Waals surface area contributed by atoms with Crippen LogP contribution in [-0.4, -0.2) is 25.2 Å². The third kappa shape index (κ3) is 19.7. The first-order chi connectivity index (χ1) is 13.2. The summed E-state index contributed by atoms with van der Waals surface area (Å²) in [5, 5.41) is 0. The highest BCUT2D eigenvalue weighted by atomic mass is 16.5. The van der Waals surface area contributed by atoms with Gasteiger partial charge in [0.1, 0.15) is 0 Å². The van der Waals surface area contributed by atoms with Gasteiger partial charge in [0.05, 0.1) is 13.2 Å². The zero-order valence-electron chi connectivity index (χ0n) is 19.3. The number of esters is 2. The largest absolute Gasteiger partial charge is 0.466 e. The second-order valence-corrected chi connectivity index (χ2v) is 9.46. The van der Waals surface area contributed by atoms with E-state index in [1.807, 2.05) is 0 Å².